The molecule has 0 bridgehead atoms. The largest absolute Gasteiger partial charge is 0.373 e. The summed E-state index contributed by atoms with van der Waals surface area (Å²) >= 11 is 8.22. The molecule has 0 unspecified atom stereocenters. The van der Waals surface area contributed by atoms with Crippen molar-refractivity contribution in [3.63, 3.8) is 0 Å². The second-order valence-corrected chi connectivity index (χ2v) is 6.62. The molecule has 0 fully saturated rings. The maximum atomic E-state index is 6.37. The maximum Gasteiger partial charge on any atom is 0.0642 e. The normalized spacial score (nSPS) is 11.1. The summed E-state index contributed by atoms with van der Waals surface area (Å²) in [6, 6.07) is 6.35. The number of halogens is 1. The zero-order chi connectivity index (χ0) is 14.3. The number of hydrogen-bond donors (Lipinski definition) is 1. The standard InChI is InChI=1S/C15H25ClN2S/c1-12(2)10-17-11-13-5-6-15(14(16)9-13)18(3)7-8-19-4/h5-6,9,12,17H,7-8,10-11H2,1-4H3. The van der Waals surface area contributed by atoms with Crippen molar-refractivity contribution in [3.05, 3.63) is 28.8 Å². The lowest BCUT2D eigenvalue weighted by molar-refractivity contribution is 0.552. The van der Waals surface area contributed by atoms with Crippen molar-refractivity contribution >= 4 is 29.1 Å². The molecule has 0 spiro atoms. The molecular formula is C15H25ClN2S. The smallest absolute Gasteiger partial charge is 0.0642 e. The molecule has 4 heteroatoms. The van der Waals surface area contributed by atoms with E-state index in [2.05, 4.69) is 55.6 Å². The molecule has 0 amide bonds. The van der Waals surface area contributed by atoms with Gasteiger partial charge < -0.3 is 10.2 Å². The lowest BCUT2D eigenvalue weighted by Crippen LogP contribution is -2.21. The van der Waals surface area contributed by atoms with E-state index in [4.69, 9.17) is 11.6 Å². The van der Waals surface area contributed by atoms with E-state index in [1.807, 2.05) is 11.8 Å². The van der Waals surface area contributed by atoms with Crippen molar-refractivity contribution in [2.45, 2.75) is 20.4 Å². The average Bonchev–Trinajstić information content (AvgIpc) is 2.35. The van der Waals surface area contributed by atoms with Crippen molar-refractivity contribution < 1.29 is 0 Å². The van der Waals surface area contributed by atoms with Gasteiger partial charge in [-0.2, -0.15) is 11.8 Å². The summed E-state index contributed by atoms with van der Waals surface area (Å²) in [6.45, 7) is 7.36. The lowest BCUT2D eigenvalue weighted by atomic mass is 10.1. The van der Waals surface area contributed by atoms with Gasteiger partial charge in [0.1, 0.15) is 0 Å². The van der Waals surface area contributed by atoms with Crippen molar-refractivity contribution in [2.24, 2.45) is 5.92 Å². The monoisotopic (exact) mass is 300 g/mol. The number of thioether (sulfide) groups is 1. The molecule has 0 heterocycles. The minimum Gasteiger partial charge on any atom is -0.373 e. The Morgan fingerprint density at radius 3 is 2.68 bits per heavy atom. The Bertz CT molecular complexity index is 382. The van der Waals surface area contributed by atoms with Crippen LogP contribution in [-0.4, -0.2) is 32.1 Å². The van der Waals surface area contributed by atoms with Crippen LogP contribution >= 0.6 is 23.4 Å². The van der Waals surface area contributed by atoms with Gasteiger partial charge in [-0.15, -0.1) is 0 Å². The minimum atomic E-state index is 0.674. The first-order valence-corrected chi connectivity index (χ1v) is 8.51. The number of anilines is 1. The molecule has 0 aromatic heterocycles. The van der Waals surface area contributed by atoms with Gasteiger partial charge in [-0.25, -0.2) is 0 Å². The highest BCUT2D eigenvalue weighted by atomic mass is 35.5. The third-order valence-corrected chi connectivity index (χ3v) is 3.83. The zero-order valence-electron chi connectivity index (χ0n) is 12.4. The predicted octanol–water partition coefficient (Wildman–Crippen LogP) is 3.88. The van der Waals surface area contributed by atoms with Gasteiger partial charge in [0.05, 0.1) is 10.7 Å². The molecule has 0 aliphatic carbocycles. The summed E-state index contributed by atoms with van der Waals surface area (Å²) in [4.78, 5) is 2.21. The number of hydrogen-bond acceptors (Lipinski definition) is 3. The SMILES string of the molecule is CSCCN(C)c1ccc(CNCC(C)C)cc1Cl. The summed E-state index contributed by atoms with van der Waals surface area (Å²) in [7, 11) is 2.09. The summed E-state index contributed by atoms with van der Waals surface area (Å²) in [5.74, 6) is 1.79. The molecular weight excluding hydrogens is 276 g/mol. The first kappa shape index (κ1) is 16.7. The fraction of sp³-hybridized carbons (Fsp3) is 0.600. The zero-order valence-corrected chi connectivity index (χ0v) is 13.9. The van der Waals surface area contributed by atoms with Gasteiger partial charge in [0.2, 0.25) is 0 Å². The summed E-state index contributed by atoms with van der Waals surface area (Å²) in [6.07, 6.45) is 2.12. The number of nitrogens with one attached hydrogen (secondary N) is 1. The molecule has 1 aromatic carbocycles. The summed E-state index contributed by atoms with van der Waals surface area (Å²) in [5, 5.41) is 4.28. The molecule has 1 aromatic rings. The predicted molar refractivity (Wildman–Crippen MR) is 89.6 cm³/mol. The highest BCUT2D eigenvalue weighted by Crippen LogP contribution is 2.26. The molecule has 2 nitrogen and oxygen atoms in total. The van der Waals surface area contributed by atoms with Crippen molar-refractivity contribution in [1.29, 1.82) is 0 Å². The summed E-state index contributed by atoms with van der Waals surface area (Å²) < 4.78 is 0. The second-order valence-electron chi connectivity index (χ2n) is 5.22. The van der Waals surface area contributed by atoms with Crippen LogP contribution in [0.1, 0.15) is 19.4 Å². The van der Waals surface area contributed by atoms with Crippen LogP contribution in [0.15, 0.2) is 18.2 Å². The first-order valence-electron chi connectivity index (χ1n) is 6.73. The third-order valence-electron chi connectivity index (χ3n) is 2.94. The van der Waals surface area contributed by atoms with Crippen LogP contribution in [0.3, 0.4) is 0 Å². The van der Waals surface area contributed by atoms with Gasteiger partial charge in [-0.1, -0.05) is 31.5 Å². The van der Waals surface area contributed by atoms with E-state index < -0.39 is 0 Å². The molecule has 19 heavy (non-hydrogen) atoms. The molecule has 1 N–H and O–H groups in total. The number of rotatable bonds is 8. The van der Waals surface area contributed by atoms with Crippen LogP contribution in [0.5, 0.6) is 0 Å². The highest BCUT2D eigenvalue weighted by molar-refractivity contribution is 7.98. The van der Waals surface area contributed by atoms with E-state index in [9.17, 15) is 0 Å². The van der Waals surface area contributed by atoms with Crippen molar-refractivity contribution in [1.82, 2.24) is 5.32 Å². The van der Waals surface area contributed by atoms with Gasteiger partial charge >= 0.3 is 0 Å². The number of benzene rings is 1. The Labute approximate surface area is 126 Å². The minimum absolute atomic E-state index is 0.674. The van der Waals surface area contributed by atoms with Gasteiger partial charge in [0.25, 0.3) is 0 Å². The average molecular weight is 301 g/mol. The fourth-order valence-corrected chi connectivity index (χ4v) is 2.63. The van der Waals surface area contributed by atoms with Gasteiger partial charge in [-0.05, 0) is 36.4 Å². The van der Waals surface area contributed by atoms with E-state index in [-0.39, 0.29) is 0 Å². The van der Waals surface area contributed by atoms with Gasteiger partial charge in [0, 0.05) is 25.9 Å². The lowest BCUT2D eigenvalue weighted by Gasteiger charge is -2.20. The Kier molecular flexibility index (Phi) is 7.66. The van der Waals surface area contributed by atoms with E-state index in [1.165, 1.54) is 5.56 Å². The van der Waals surface area contributed by atoms with Gasteiger partial charge in [-0.3, -0.25) is 0 Å². The molecule has 0 radical (unpaired) electrons. The Morgan fingerprint density at radius 1 is 1.37 bits per heavy atom. The van der Waals surface area contributed by atoms with Crippen LogP contribution in [0.4, 0.5) is 5.69 Å². The Balaban J connectivity index is 2.58. The third kappa shape index (κ3) is 6.07. The molecule has 0 aliphatic rings. The fourth-order valence-electron chi connectivity index (χ4n) is 1.82. The molecule has 1 rings (SSSR count). The van der Waals surface area contributed by atoms with Crippen LogP contribution in [0.2, 0.25) is 5.02 Å². The first-order chi connectivity index (χ1) is 9.04. The molecule has 108 valence electrons. The van der Waals surface area contributed by atoms with Crippen LogP contribution in [-0.2, 0) is 6.54 Å². The van der Waals surface area contributed by atoms with Crippen LogP contribution < -0.4 is 10.2 Å². The second kappa shape index (κ2) is 8.72. The topological polar surface area (TPSA) is 15.3 Å². The van der Waals surface area contributed by atoms with E-state index >= 15 is 0 Å². The van der Waals surface area contributed by atoms with Crippen molar-refractivity contribution in [3.8, 4) is 0 Å². The van der Waals surface area contributed by atoms with E-state index in [0.717, 1.165) is 36.1 Å². The quantitative estimate of drug-likeness (QED) is 0.784. The van der Waals surface area contributed by atoms with Crippen LogP contribution in [0, 0.1) is 5.92 Å². The summed E-state index contributed by atoms with van der Waals surface area (Å²) in [5.41, 5.74) is 2.36. The Hall–Kier alpha value is -0.380. The van der Waals surface area contributed by atoms with Crippen LogP contribution in [0.25, 0.3) is 0 Å². The molecule has 0 aliphatic heterocycles. The Morgan fingerprint density at radius 2 is 2.11 bits per heavy atom. The van der Waals surface area contributed by atoms with Gasteiger partial charge in [0.15, 0.2) is 0 Å². The maximum absolute atomic E-state index is 6.37. The van der Waals surface area contributed by atoms with E-state index in [0.29, 0.717) is 5.92 Å². The highest BCUT2D eigenvalue weighted by Gasteiger charge is 2.06. The molecule has 0 saturated heterocycles. The number of nitrogens with zero attached hydrogens (tertiary/aromatic N) is 1. The molecule has 0 atom stereocenters. The van der Waals surface area contributed by atoms with Crippen molar-refractivity contribution in [2.75, 3.05) is 37.0 Å². The molecule has 0 saturated carbocycles. The van der Waals surface area contributed by atoms with E-state index in [1.54, 1.807) is 0 Å².